The fourth-order valence-electron chi connectivity index (χ4n) is 1.74. The number of hydrogen-bond donors (Lipinski definition) is 1. The number of carbonyl (C=O) groups excluding carboxylic acids is 1. The van der Waals surface area contributed by atoms with Crippen molar-refractivity contribution in [3.63, 3.8) is 0 Å². The number of carbonyl (C=O) groups is 1. The Labute approximate surface area is 127 Å². The maximum absolute atomic E-state index is 12.0. The summed E-state index contributed by atoms with van der Waals surface area (Å²) in [5.41, 5.74) is 0.535. The van der Waals surface area contributed by atoms with Crippen molar-refractivity contribution in [1.29, 1.82) is 0 Å². The van der Waals surface area contributed by atoms with Crippen LogP contribution in [0.5, 0.6) is 0 Å². The van der Waals surface area contributed by atoms with Gasteiger partial charge < -0.3 is 9.84 Å². The van der Waals surface area contributed by atoms with Gasteiger partial charge in [0.05, 0.1) is 5.75 Å². The van der Waals surface area contributed by atoms with E-state index in [-0.39, 0.29) is 11.6 Å². The van der Waals surface area contributed by atoms with Crippen LogP contribution in [0.25, 0.3) is 0 Å². The molecule has 1 amide bonds. The van der Waals surface area contributed by atoms with Crippen LogP contribution < -0.4 is 5.32 Å². The second-order valence-corrected chi connectivity index (χ2v) is 7.03. The van der Waals surface area contributed by atoms with Gasteiger partial charge >= 0.3 is 0 Å². The summed E-state index contributed by atoms with van der Waals surface area (Å²) in [5.74, 6) is -0.836. The maximum Gasteiger partial charge on any atom is 0.240 e. The van der Waals surface area contributed by atoms with Crippen molar-refractivity contribution < 1.29 is 17.7 Å². The van der Waals surface area contributed by atoms with Gasteiger partial charge in [-0.25, -0.2) is 8.42 Å². The average molecular weight is 329 g/mol. The topological polar surface area (TPSA) is 89.3 Å². The molecule has 2 aromatic rings. The Hall–Kier alpha value is -1.86. The van der Waals surface area contributed by atoms with E-state index in [1.165, 1.54) is 6.07 Å². The van der Waals surface area contributed by atoms with Crippen molar-refractivity contribution in [1.82, 2.24) is 5.16 Å². The first-order valence-electron chi connectivity index (χ1n) is 6.02. The van der Waals surface area contributed by atoms with Gasteiger partial charge in [0.15, 0.2) is 15.7 Å². The molecule has 6 nitrogen and oxygen atoms in total. The smallest absolute Gasteiger partial charge is 0.240 e. The quantitative estimate of drug-likeness (QED) is 0.908. The third-order valence-corrected chi connectivity index (χ3v) is 4.23. The lowest BCUT2D eigenvalue weighted by Gasteiger charge is -2.05. The van der Waals surface area contributed by atoms with Crippen molar-refractivity contribution in [3.8, 4) is 0 Å². The highest BCUT2D eigenvalue weighted by Crippen LogP contribution is 2.14. The number of nitrogens with zero attached hydrogens (tertiary/aromatic N) is 1. The number of amides is 1. The highest BCUT2D eigenvalue weighted by molar-refractivity contribution is 7.91. The molecule has 0 aliphatic heterocycles. The monoisotopic (exact) mass is 328 g/mol. The molecule has 0 unspecified atom stereocenters. The molecular weight excluding hydrogens is 316 g/mol. The van der Waals surface area contributed by atoms with Crippen molar-refractivity contribution in [3.05, 3.63) is 46.7 Å². The Morgan fingerprint density at radius 2 is 2.14 bits per heavy atom. The second kappa shape index (κ2) is 6.28. The summed E-state index contributed by atoms with van der Waals surface area (Å²) in [6.45, 7) is 1.67. The Morgan fingerprint density at radius 1 is 1.38 bits per heavy atom. The van der Waals surface area contributed by atoms with Gasteiger partial charge in [-0.05, 0) is 24.6 Å². The average Bonchev–Trinajstić information content (AvgIpc) is 2.72. The molecule has 0 bridgehead atoms. The largest absolute Gasteiger partial charge is 0.360 e. The molecule has 0 saturated carbocycles. The number of aromatic nitrogens is 1. The van der Waals surface area contributed by atoms with Crippen LogP contribution in [0, 0.1) is 6.92 Å². The molecule has 2 rings (SSSR count). The van der Waals surface area contributed by atoms with E-state index in [9.17, 15) is 13.2 Å². The number of anilines is 1. The molecule has 1 aromatic carbocycles. The van der Waals surface area contributed by atoms with Crippen LogP contribution in [0.2, 0.25) is 5.02 Å². The number of rotatable bonds is 5. The Kier molecular flexibility index (Phi) is 4.64. The summed E-state index contributed by atoms with van der Waals surface area (Å²) in [4.78, 5) is 11.7. The van der Waals surface area contributed by atoms with E-state index in [1.54, 1.807) is 31.2 Å². The molecule has 0 saturated heterocycles. The summed E-state index contributed by atoms with van der Waals surface area (Å²) < 4.78 is 28.7. The van der Waals surface area contributed by atoms with Crippen molar-refractivity contribution in [2.75, 3.05) is 11.1 Å². The van der Waals surface area contributed by atoms with Gasteiger partial charge in [0.1, 0.15) is 11.5 Å². The van der Waals surface area contributed by atoms with Gasteiger partial charge in [-0.15, -0.1) is 0 Å². The van der Waals surface area contributed by atoms with Crippen LogP contribution in [0.4, 0.5) is 5.82 Å². The van der Waals surface area contributed by atoms with Gasteiger partial charge in [0.2, 0.25) is 5.91 Å². The van der Waals surface area contributed by atoms with Gasteiger partial charge in [-0.2, -0.15) is 0 Å². The van der Waals surface area contributed by atoms with E-state index in [0.717, 1.165) is 0 Å². The first-order chi connectivity index (χ1) is 9.84. The Morgan fingerprint density at radius 3 is 2.76 bits per heavy atom. The SMILES string of the molecule is Cc1cc(NC(=O)CS(=O)(=O)Cc2cccc(Cl)c2)no1. The first-order valence-corrected chi connectivity index (χ1v) is 8.22. The molecule has 1 aromatic heterocycles. The normalized spacial score (nSPS) is 11.3. The molecule has 1 N–H and O–H groups in total. The maximum atomic E-state index is 12.0. The lowest BCUT2D eigenvalue weighted by molar-refractivity contribution is -0.113. The van der Waals surface area contributed by atoms with E-state index in [1.807, 2.05) is 0 Å². The predicted molar refractivity (Wildman–Crippen MR) is 78.8 cm³/mol. The third kappa shape index (κ3) is 4.87. The number of sulfone groups is 1. The molecule has 0 spiro atoms. The standard InChI is InChI=1S/C13H13ClN2O4S/c1-9-5-12(16-20-9)15-13(17)8-21(18,19)7-10-3-2-4-11(14)6-10/h2-6H,7-8H2,1H3,(H,15,16,17). The molecule has 0 atom stereocenters. The number of hydrogen-bond acceptors (Lipinski definition) is 5. The second-order valence-electron chi connectivity index (χ2n) is 4.53. The highest BCUT2D eigenvalue weighted by Gasteiger charge is 2.18. The molecule has 0 aliphatic carbocycles. The lowest BCUT2D eigenvalue weighted by atomic mass is 10.2. The Balaban J connectivity index is 1.98. The minimum atomic E-state index is -3.59. The molecule has 112 valence electrons. The van der Waals surface area contributed by atoms with Crippen LogP contribution in [-0.2, 0) is 20.4 Å². The van der Waals surface area contributed by atoms with Crippen LogP contribution in [-0.4, -0.2) is 25.2 Å². The number of halogens is 1. The highest BCUT2D eigenvalue weighted by atomic mass is 35.5. The van der Waals surface area contributed by atoms with E-state index in [0.29, 0.717) is 16.3 Å². The summed E-state index contributed by atoms with van der Waals surface area (Å²) >= 11 is 5.80. The van der Waals surface area contributed by atoms with Crippen LogP contribution in [0.3, 0.4) is 0 Å². The number of aryl methyl sites for hydroxylation is 1. The molecule has 1 heterocycles. The molecule has 8 heteroatoms. The number of benzene rings is 1. The Bertz CT molecular complexity index is 755. The van der Waals surface area contributed by atoms with Gasteiger partial charge in [-0.1, -0.05) is 28.9 Å². The van der Waals surface area contributed by atoms with Crippen molar-refractivity contribution in [2.24, 2.45) is 0 Å². The lowest BCUT2D eigenvalue weighted by Crippen LogP contribution is -2.24. The molecule has 21 heavy (non-hydrogen) atoms. The van der Waals surface area contributed by atoms with Gasteiger partial charge in [-0.3, -0.25) is 4.79 Å². The number of nitrogens with one attached hydrogen (secondary N) is 1. The molecule has 0 radical (unpaired) electrons. The zero-order valence-electron chi connectivity index (χ0n) is 11.2. The van der Waals surface area contributed by atoms with Crippen molar-refractivity contribution in [2.45, 2.75) is 12.7 Å². The third-order valence-electron chi connectivity index (χ3n) is 2.52. The summed E-state index contributed by atoms with van der Waals surface area (Å²) in [5, 5.41) is 6.38. The van der Waals surface area contributed by atoms with Crippen LogP contribution in [0.1, 0.15) is 11.3 Å². The van der Waals surface area contributed by atoms with Gasteiger partial charge in [0.25, 0.3) is 0 Å². The first kappa shape index (κ1) is 15.5. The zero-order chi connectivity index (χ0) is 15.5. The van der Waals surface area contributed by atoms with E-state index < -0.39 is 21.5 Å². The summed E-state index contributed by atoms with van der Waals surface area (Å²) in [7, 11) is -3.59. The van der Waals surface area contributed by atoms with Crippen molar-refractivity contribution >= 4 is 33.2 Å². The fraction of sp³-hybridized carbons (Fsp3) is 0.231. The zero-order valence-corrected chi connectivity index (χ0v) is 12.7. The summed E-state index contributed by atoms with van der Waals surface area (Å²) in [6, 6.07) is 8.00. The fourth-order valence-corrected chi connectivity index (χ4v) is 3.21. The molecular formula is C13H13ClN2O4S. The molecule has 0 fully saturated rings. The van der Waals surface area contributed by atoms with E-state index >= 15 is 0 Å². The van der Waals surface area contributed by atoms with E-state index in [2.05, 4.69) is 10.5 Å². The van der Waals surface area contributed by atoms with Crippen LogP contribution >= 0.6 is 11.6 Å². The molecule has 0 aliphatic rings. The summed E-state index contributed by atoms with van der Waals surface area (Å²) in [6.07, 6.45) is 0. The predicted octanol–water partition coefficient (Wildman–Crippen LogP) is 2.19. The van der Waals surface area contributed by atoms with E-state index in [4.69, 9.17) is 16.1 Å². The minimum absolute atomic E-state index is 0.190. The van der Waals surface area contributed by atoms with Gasteiger partial charge in [0, 0.05) is 11.1 Å². The minimum Gasteiger partial charge on any atom is -0.360 e. The van der Waals surface area contributed by atoms with Crippen LogP contribution in [0.15, 0.2) is 34.9 Å².